The SMILES string of the molecule is CN1C(=O)C(C)(C)Oc2cc(NC(=O)c3cc4oc(Br)cc4n3C)ccc21. The first-order chi connectivity index (χ1) is 12.7. The predicted octanol–water partition coefficient (Wildman–Crippen LogP) is 3.92. The van der Waals surface area contributed by atoms with Crippen molar-refractivity contribution in [1.29, 1.82) is 0 Å². The van der Waals surface area contributed by atoms with Crippen LogP contribution in [0.5, 0.6) is 5.75 Å². The van der Waals surface area contributed by atoms with Gasteiger partial charge in [0, 0.05) is 38.0 Å². The first kappa shape index (κ1) is 17.7. The van der Waals surface area contributed by atoms with Crippen LogP contribution in [0, 0.1) is 0 Å². The molecule has 1 aromatic carbocycles. The average molecular weight is 432 g/mol. The summed E-state index contributed by atoms with van der Waals surface area (Å²) in [6, 6.07) is 8.73. The summed E-state index contributed by atoms with van der Waals surface area (Å²) in [4.78, 5) is 26.6. The van der Waals surface area contributed by atoms with Crippen LogP contribution in [-0.2, 0) is 11.8 Å². The highest BCUT2D eigenvalue weighted by molar-refractivity contribution is 9.10. The van der Waals surface area contributed by atoms with Crippen LogP contribution in [0.15, 0.2) is 39.4 Å². The Morgan fingerprint density at radius 1 is 1.19 bits per heavy atom. The summed E-state index contributed by atoms with van der Waals surface area (Å²) >= 11 is 3.28. The van der Waals surface area contributed by atoms with E-state index in [0.29, 0.717) is 33.1 Å². The number of anilines is 2. The van der Waals surface area contributed by atoms with Crippen LogP contribution in [0.25, 0.3) is 11.1 Å². The van der Waals surface area contributed by atoms with Gasteiger partial charge in [0.1, 0.15) is 11.4 Å². The van der Waals surface area contributed by atoms with Gasteiger partial charge in [-0.2, -0.15) is 0 Å². The highest BCUT2D eigenvalue weighted by Crippen LogP contribution is 2.38. The summed E-state index contributed by atoms with van der Waals surface area (Å²) in [5, 5.41) is 2.87. The summed E-state index contributed by atoms with van der Waals surface area (Å²) < 4.78 is 13.7. The Balaban J connectivity index is 1.63. The van der Waals surface area contributed by atoms with Crippen LogP contribution in [0.4, 0.5) is 11.4 Å². The molecule has 8 heteroatoms. The van der Waals surface area contributed by atoms with Gasteiger partial charge in [0.05, 0.1) is 11.2 Å². The lowest BCUT2D eigenvalue weighted by atomic mass is 10.0. The fraction of sp³-hybridized carbons (Fsp3) is 0.263. The van der Waals surface area contributed by atoms with Crippen LogP contribution < -0.4 is 15.0 Å². The molecular formula is C19H18BrN3O4. The molecule has 4 rings (SSSR count). The number of furan rings is 1. The van der Waals surface area contributed by atoms with E-state index >= 15 is 0 Å². The molecule has 0 aliphatic carbocycles. The van der Waals surface area contributed by atoms with Crippen LogP contribution in [0.2, 0.25) is 0 Å². The molecule has 1 N–H and O–H groups in total. The Labute approximate surface area is 164 Å². The van der Waals surface area contributed by atoms with Gasteiger partial charge >= 0.3 is 0 Å². The number of aromatic nitrogens is 1. The molecule has 1 aliphatic heterocycles. The Morgan fingerprint density at radius 3 is 2.63 bits per heavy atom. The zero-order valence-corrected chi connectivity index (χ0v) is 16.9. The fourth-order valence-electron chi connectivity index (χ4n) is 3.28. The maximum atomic E-state index is 12.7. The second-order valence-electron chi connectivity index (χ2n) is 7.00. The Hall–Kier alpha value is -2.74. The van der Waals surface area contributed by atoms with Crippen molar-refractivity contribution >= 4 is 50.2 Å². The summed E-state index contributed by atoms with van der Waals surface area (Å²) in [5.41, 5.74) is 2.21. The largest absolute Gasteiger partial charge is 0.476 e. The smallest absolute Gasteiger partial charge is 0.272 e. The molecule has 0 bridgehead atoms. The number of nitrogens with one attached hydrogen (secondary N) is 1. The number of carbonyl (C=O) groups is 2. The number of halogens is 1. The maximum Gasteiger partial charge on any atom is 0.272 e. The number of nitrogens with zero attached hydrogens (tertiary/aromatic N) is 2. The minimum Gasteiger partial charge on any atom is -0.476 e. The number of likely N-dealkylation sites (N-methyl/N-ethyl adjacent to an activating group) is 1. The fourth-order valence-corrected chi connectivity index (χ4v) is 3.67. The van der Waals surface area contributed by atoms with E-state index in [1.807, 2.05) is 6.07 Å². The number of rotatable bonds is 2. The van der Waals surface area contributed by atoms with E-state index in [1.54, 1.807) is 61.7 Å². The lowest BCUT2D eigenvalue weighted by Gasteiger charge is -2.37. The van der Waals surface area contributed by atoms with Gasteiger partial charge in [0.2, 0.25) is 0 Å². The molecule has 2 amide bonds. The third-order valence-corrected chi connectivity index (χ3v) is 5.09. The zero-order chi connectivity index (χ0) is 19.5. The van der Waals surface area contributed by atoms with Crippen LogP contribution >= 0.6 is 15.9 Å². The second kappa shape index (κ2) is 5.88. The quantitative estimate of drug-likeness (QED) is 0.666. The highest BCUT2D eigenvalue weighted by atomic mass is 79.9. The molecule has 3 heterocycles. The highest BCUT2D eigenvalue weighted by Gasteiger charge is 2.39. The lowest BCUT2D eigenvalue weighted by molar-refractivity contribution is -0.132. The molecule has 0 saturated heterocycles. The van der Waals surface area contributed by atoms with Crippen molar-refractivity contribution in [1.82, 2.24) is 4.57 Å². The van der Waals surface area contributed by atoms with E-state index in [4.69, 9.17) is 9.15 Å². The number of hydrogen-bond acceptors (Lipinski definition) is 4. The topological polar surface area (TPSA) is 76.7 Å². The number of benzene rings is 1. The van der Waals surface area contributed by atoms with Gasteiger partial charge in [-0.15, -0.1) is 0 Å². The first-order valence-electron chi connectivity index (χ1n) is 8.35. The van der Waals surface area contributed by atoms with Gasteiger partial charge in [-0.3, -0.25) is 9.59 Å². The molecule has 27 heavy (non-hydrogen) atoms. The molecule has 0 radical (unpaired) electrons. The third kappa shape index (κ3) is 2.80. The number of carbonyl (C=O) groups excluding carboxylic acids is 2. The molecule has 0 fully saturated rings. The average Bonchev–Trinajstić information content (AvgIpc) is 3.10. The van der Waals surface area contributed by atoms with E-state index in [0.717, 1.165) is 5.52 Å². The van der Waals surface area contributed by atoms with Crippen molar-refractivity contribution in [2.24, 2.45) is 7.05 Å². The standard InChI is InChI=1S/C19H18BrN3O4/c1-19(2)18(25)23(4)11-6-5-10(7-15(11)27-19)21-17(24)13-8-14-12(22(13)3)9-16(20)26-14/h5-9H,1-4H3,(H,21,24). The summed E-state index contributed by atoms with van der Waals surface area (Å²) in [7, 11) is 3.51. The molecule has 2 aromatic heterocycles. The van der Waals surface area contributed by atoms with E-state index in [2.05, 4.69) is 21.2 Å². The normalized spacial score (nSPS) is 15.6. The molecule has 0 atom stereocenters. The molecular weight excluding hydrogens is 414 g/mol. The van der Waals surface area contributed by atoms with Crippen molar-refractivity contribution in [2.45, 2.75) is 19.4 Å². The molecule has 0 unspecified atom stereocenters. The predicted molar refractivity (Wildman–Crippen MR) is 105 cm³/mol. The van der Waals surface area contributed by atoms with Gasteiger partial charge in [-0.1, -0.05) is 0 Å². The number of aryl methyl sites for hydroxylation is 1. The molecule has 1 aliphatic rings. The van der Waals surface area contributed by atoms with Crippen molar-refractivity contribution in [2.75, 3.05) is 17.3 Å². The summed E-state index contributed by atoms with van der Waals surface area (Å²) in [6.45, 7) is 3.44. The Morgan fingerprint density at radius 2 is 1.93 bits per heavy atom. The molecule has 0 spiro atoms. The third-order valence-electron chi connectivity index (χ3n) is 4.70. The molecule has 3 aromatic rings. The number of hydrogen-bond donors (Lipinski definition) is 1. The number of fused-ring (bicyclic) bond motifs is 2. The maximum absolute atomic E-state index is 12.7. The van der Waals surface area contributed by atoms with Gasteiger partial charge in [0.25, 0.3) is 11.8 Å². The zero-order valence-electron chi connectivity index (χ0n) is 15.3. The molecule has 0 saturated carbocycles. The van der Waals surface area contributed by atoms with Gasteiger partial charge < -0.3 is 23.9 Å². The van der Waals surface area contributed by atoms with E-state index in [1.165, 1.54) is 0 Å². The Kier molecular flexibility index (Phi) is 3.85. The van der Waals surface area contributed by atoms with Crippen molar-refractivity contribution in [3.8, 4) is 5.75 Å². The first-order valence-corrected chi connectivity index (χ1v) is 9.14. The van der Waals surface area contributed by atoms with Gasteiger partial charge in [-0.25, -0.2) is 0 Å². The van der Waals surface area contributed by atoms with Crippen molar-refractivity contribution < 1.29 is 18.7 Å². The van der Waals surface area contributed by atoms with Crippen molar-refractivity contribution in [3.05, 3.63) is 40.7 Å². The lowest BCUT2D eigenvalue weighted by Crippen LogP contribution is -2.50. The van der Waals surface area contributed by atoms with E-state index in [-0.39, 0.29) is 11.8 Å². The van der Waals surface area contributed by atoms with Crippen molar-refractivity contribution in [3.63, 3.8) is 0 Å². The number of ether oxygens (including phenoxy) is 1. The minimum absolute atomic E-state index is 0.121. The Bertz CT molecular complexity index is 1100. The number of amides is 2. The summed E-state index contributed by atoms with van der Waals surface area (Å²) in [6.07, 6.45) is 0. The molecule has 7 nitrogen and oxygen atoms in total. The van der Waals surface area contributed by atoms with E-state index < -0.39 is 5.60 Å². The second-order valence-corrected chi connectivity index (χ2v) is 7.78. The van der Waals surface area contributed by atoms with Crippen LogP contribution in [0.1, 0.15) is 24.3 Å². The van der Waals surface area contributed by atoms with E-state index in [9.17, 15) is 9.59 Å². The molecule has 140 valence electrons. The van der Waals surface area contributed by atoms with Crippen LogP contribution in [-0.4, -0.2) is 29.0 Å². The van der Waals surface area contributed by atoms with Gasteiger partial charge in [-0.05, 0) is 41.9 Å². The summed E-state index contributed by atoms with van der Waals surface area (Å²) in [5.74, 6) is 0.160. The minimum atomic E-state index is -0.958. The van der Waals surface area contributed by atoms with Gasteiger partial charge in [0.15, 0.2) is 15.9 Å². The van der Waals surface area contributed by atoms with Crippen LogP contribution in [0.3, 0.4) is 0 Å². The monoisotopic (exact) mass is 431 g/mol.